The van der Waals surface area contributed by atoms with Crippen molar-refractivity contribution in [1.82, 2.24) is 0 Å². The fourth-order valence-electron chi connectivity index (χ4n) is 9.56. The van der Waals surface area contributed by atoms with Crippen LogP contribution in [0.5, 0.6) is 23.0 Å². The Kier molecular flexibility index (Phi) is 22.4. The van der Waals surface area contributed by atoms with Crippen molar-refractivity contribution in [2.24, 2.45) is 11.8 Å². The van der Waals surface area contributed by atoms with Gasteiger partial charge in [-0.05, 0) is 133 Å². The zero-order valence-electron chi connectivity index (χ0n) is 43.9. The van der Waals surface area contributed by atoms with E-state index in [9.17, 15) is 62.2 Å². The number of hydrogen-bond donors (Lipinski definition) is 1. The van der Waals surface area contributed by atoms with Crippen molar-refractivity contribution in [2.45, 2.75) is 128 Å². The molecule has 4 nitrogen and oxygen atoms in total. The molecular weight excluding hydrogens is 1030 g/mol. The predicted octanol–water partition coefficient (Wildman–Crippen LogP) is 19.4. The number of halogens is 13. The van der Waals surface area contributed by atoms with E-state index in [1.165, 1.54) is 112 Å². The molecule has 17 heteroatoms. The van der Waals surface area contributed by atoms with Gasteiger partial charge in [0, 0.05) is 30.7 Å². The number of rotatable bonds is 16. The maximum atomic E-state index is 14.6. The molecule has 2 aliphatic carbocycles. The molecule has 1 N–H and O–H groups in total. The Morgan fingerprint density at radius 2 is 0.844 bits per heavy atom. The molecule has 2 fully saturated rings. The SMILES string of the molecule is CCC(F)(F)Oc1cc(F)c(F)c(F)c1.CCCC1CCC(c2ccc(-c3ccc(O)c(F)c3)cc2)CC1.CCCC1CCC(c2ccc(-c3ccc(OCC(F)(F)Oc4cc(F)c(F)c(F)c4)c(F)c3)cc2)CC1.[2H]CF. The van der Waals surface area contributed by atoms with Gasteiger partial charge in [-0.15, -0.1) is 0 Å². The monoisotopic (exact) mass is 1100 g/mol. The Balaban J connectivity index is 0.000000232. The van der Waals surface area contributed by atoms with E-state index in [0.717, 1.165) is 35.4 Å². The minimum absolute atomic E-state index is 0.282. The third-order valence-corrected chi connectivity index (χ3v) is 13.7. The van der Waals surface area contributed by atoms with Gasteiger partial charge >= 0.3 is 12.2 Å². The van der Waals surface area contributed by atoms with Crippen LogP contribution in [0.2, 0.25) is 0 Å². The maximum absolute atomic E-state index is 14.6. The molecule has 418 valence electrons. The molecule has 0 spiro atoms. The number of alkyl halides is 5. The van der Waals surface area contributed by atoms with Crippen molar-refractivity contribution in [3.05, 3.63) is 167 Å². The summed E-state index contributed by atoms with van der Waals surface area (Å²) >= 11 is 0. The molecular formula is C60H63F13O4. The van der Waals surface area contributed by atoms with Gasteiger partial charge in [-0.1, -0.05) is 107 Å². The van der Waals surface area contributed by atoms with E-state index in [2.05, 4.69) is 59.7 Å². The van der Waals surface area contributed by atoms with Crippen LogP contribution in [-0.4, -0.2) is 31.1 Å². The molecule has 0 heterocycles. The quantitative estimate of drug-likeness (QED) is 0.0775. The molecule has 0 amide bonds. The smallest absolute Gasteiger partial charge is 0.433 e. The summed E-state index contributed by atoms with van der Waals surface area (Å²) in [4.78, 5) is 0. The lowest BCUT2D eigenvalue weighted by molar-refractivity contribution is -0.196. The van der Waals surface area contributed by atoms with E-state index in [1.807, 2.05) is 12.1 Å². The summed E-state index contributed by atoms with van der Waals surface area (Å²) in [5.41, 5.74) is 5.81. The first kappa shape index (κ1) is 59.8. The summed E-state index contributed by atoms with van der Waals surface area (Å²) in [6.45, 7) is 4.20. The lowest BCUT2D eigenvalue weighted by atomic mass is 9.77. The minimum atomic E-state index is -4.06. The minimum Gasteiger partial charge on any atom is -0.505 e. The van der Waals surface area contributed by atoms with E-state index >= 15 is 0 Å². The van der Waals surface area contributed by atoms with Crippen LogP contribution in [0.1, 0.15) is 129 Å². The predicted molar refractivity (Wildman–Crippen MR) is 271 cm³/mol. The molecule has 0 radical (unpaired) electrons. The van der Waals surface area contributed by atoms with Crippen LogP contribution in [0, 0.1) is 58.4 Å². The van der Waals surface area contributed by atoms with Crippen LogP contribution in [0.25, 0.3) is 22.3 Å². The summed E-state index contributed by atoms with van der Waals surface area (Å²) in [6, 6.07) is 26.3. The first-order chi connectivity index (χ1) is 37.1. The topological polar surface area (TPSA) is 47.9 Å². The van der Waals surface area contributed by atoms with Gasteiger partial charge < -0.3 is 19.3 Å². The number of aromatic hydroxyl groups is 1. The summed E-state index contributed by atoms with van der Waals surface area (Å²) in [6.07, 6.45) is 7.04. The largest absolute Gasteiger partial charge is 0.505 e. The number of hydrogen-bond acceptors (Lipinski definition) is 4. The van der Waals surface area contributed by atoms with Gasteiger partial charge in [0.1, 0.15) is 11.5 Å². The van der Waals surface area contributed by atoms with Gasteiger partial charge in [-0.2, -0.15) is 17.6 Å². The van der Waals surface area contributed by atoms with Gasteiger partial charge in [0.2, 0.25) is 0 Å². The highest BCUT2D eigenvalue weighted by atomic mass is 19.3. The van der Waals surface area contributed by atoms with Crippen LogP contribution in [0.3, 0.4) is 0 Å². The third-order valence-electron chi connectivity index (χ3n) is 13.7. The molecule has 0 unspecified atom stereocenters. The van der Waals surface area contributed by atoms with Crippen LogP contribution < -0.4 is 14.2 Å². The lowest BCUT2D eigenvalue weighted by Gasteiger charge is -2.28. The molecule has 77 heavy (non-hydrogen) atoms. The second kappa shape index (κ2) is 28.8. The van der Waals surface area contributed by atoms with Crippen LogP contribution >= 0.6 is 0 Å². The van der Waals surface area contributed by atoms with E-state index in [0.29, 0.717) is 29.5 Å². The van der Waals surface area contributed by atoms with Crippen LogP contribution in [-0.2, 0) is 0 Å². The Hall–Kier alpha value is -6.39. The van der Waals surface area contributed by atoms with Crippen molar-refractivity contribution in [1.29, 1.82) is 0 Å². The molecule has 0 aliphatic heterocycles. The Bertz CT molecular complexity index is 2750. The van der Waals surface area contributed by atoms with Crippen molar-refractivity contribution in [3.8, 4) is 45.3 Å². The van der Waals surface area contributed by atoms with Crippen LogP contribution in [0.4, 0.5) is 57.1 Å². The Morgan fingerprint density at radius 3 is 1.21 bits per heavy atom. The second-order valence-electron chi connectivity index (χ2n) is 19.1. The van der Waals surface area contributed by atoms with E-state index in [4.69, 9.17) is 6.11 Å². The average Bonchev–Trinajstić information content (AvgIpc) is 3.42. The second-order valence-corrected chi connectivity index (χ2v) is 19.1. The highest BCUT2D eigenvalue weighted by Crippen LogP contribution is 2.40. The molecule has 0 bridgehead atoms. The maximum Gasteiger partial charge on any atom is 0.433 e. The standard InChI is InChI=1S/C29H28F6O2.C21H25FO.C9H7F5O.CH3F/c1-2-3-18-4-6-19(7-5-18)20-8-10-21(11-9-20)22-12-13-27(24(30)14-22)36-17-29(34,35)37-23-15-25(31)28(33)26(32)16-23;1-2-3-15-4-6-16(7-5-15)17-8-10-18(11-9-17)19-12-13-21(23)20(22)14-19;1-2-9(13,14)15-5-3-6(10)8(12)7(11)4-5;1-2/h8-16,18-19H,2-7,17H2,1H3;8-16,23H,2-7H2,1H3;3-4H,2H2,1H3;1H3/i;;;1D. The number of phenolic OH excluding ortho intramolecular Hbond substituents is 1. The first-order valence-corrected chi connectivity index (χ1v) is 25.5. The fraction of sp³-hybridized carbons (Fsp3) is 0.400. The van der Waals surface area contributed by atoms with Crippen molar-refractivity contribution < 1.29 is 77.8 Å². The average molecular weight is 1100 g/mol. The zero-order chi connectivity index (χ0) is 57.2. The zero-order valence-corrected chi connectivity index (χ0v) is 42.9. The first-order valence-electron chi connectivity index (χ1n) is 26.2. The Morgan fingerprint density at radius 1 is 0.481 bits per heavy atom. The van der Waals surface area contributed by atoms with E-state index in [-0.39, 0.29) is 17.9 Å². The van der Waals surface area contributed by atoms with E-state index < -0.39 is 96.2 Å². The van der Waals surface area contributed by atoms with Crippen molar-refractivity contribution >= 4 is 0 Å². The van der Waals surface area contributed by atoms with Gasteiger partial charge in [0.25, 0.3) is 0 Å². The Labute approximate surface area is 442 Å². The fourth-order valence-corrected chi connectivity index (χ4v) is 9.56. The number of benzene rings is 6. The van der Waals surface area contributed by atoms with Gasteiger partial charge in [-0.25, -0.2) is 35.1 Å². The third kappa shape index (κ3) is 18.1. The number of ether oxygens (including phenoxy) is 3. The van der Waals surface area contributed by atoms with Crippen molar-refractivity contribution in [2.75, 3.05) is 13.8 Å². The van der Waals surface area contributed by atoms with Gasteiger partial charge in [0.05, 0.1) is 8.52 Å². The summed E-state index contributed by atoms with van der Waals surface area (Å²) < 4.78 is 187. The summed E-state index contributed by atoms with van der Waals surface area (Å²) in [7, 11) is -1.00. The molecule has 0 atom stereocenters. The van der Waals surface area contributed by atoms with E-state index in [1.54, 1.807) is 12.1 Å². The molecule has 0 aromatic heterocycles. The molecule has 2 aliphatic rings. The lowest BCUT2D eigenvalue weighted by Crippen LogP contribution is -2.32. The number of phenols is 1. The van der Waals surface area contributed by atoms with Gasteiger partial charge in [-0.3, -0.25) is 4.39 Å². The highest BCUT2D eigenvalue weighted by Gasteiger charge is 2.35. The highest BCUT2D eigenvalue weighted by molar-refractivity contribution is 5.66. The summed E-state index contributed by atoms with van der Waals surface area (Å²) in [5, 5.41) is 9.29. The summed E-state index contributed by atoms with van der Waals surface area (Å²) in [5.74, 6) is -10.9. The molecule has 6 aromatic rings. The van der Waals surface area contributed by atoms with Crippen molar-refractivity contribution in [3.63, 3.8) is 0 Å². The molecule has 0 saturated heterocycles. The van der Waals surface area contributed by atoms with Gasteiger partial charge in [0.15, 0.2) is 64.6 Å². The molecule has 2 saturated carbocycles. The van der Waals surface area contributed by atoms with Crippen LogP contribution in [0.15, 0.2) is 109 Å². The normalized spacial score (nSPS) is 17.5. The molecule has 8 rings (SSSR count). The molecule has 6 aromatic carbocycles.